The van der Waals surface area contributed by atoms with Crippen LogP contribution >= 0.6 is 0 Å². The molecule has 0 aliphatic heterocycles. The predicted octanol–water partition coefficient (Wildman–Crippen LogP) is 2.58. The molecule has 0 aromatic carbocycles. The highest BCUT2D eigenvalue weighted by atomic mass is 16.6. The van der Waals surface area contributed by atoms with Gasteiger partial charge >= 0.3 is 12.1 Å². The molecule has 1 aliphatic rings. The Morgan fingerprint density at radius 1 is 1.23 bits per heavy atom. The molecule has 8 nitrogen and oxygen atoms in total. The van der Waals surface area contributed by atoms with E-state index in [2.05, 4.69) is 21.2 Å². The molecule has 0 heterocycles. The van der Waals surface area contributed by atoms with Crippen molar-refractivity contribution in [2.24, 2.45) is 16.9 Å². The SMILES string of the molecule is CC[C@@H](/C=N/NC(=O)NCC1CCC(C=O)CC1)NC(=O)OC(C)(C)C. The topological polar surface area (TPSA) is 109 Å². The third kappa shape index (κ3) is 9.39. The van der Waals surface area contributed by atoms with Crippen LogP contribution in [0.3, 0.4) is 0 Å². The molecule has 3 N–H and O–H groups in total. The molecular formula is C18H32N4O4. The molecule has 0 bridgehead atoms. The number of urea groups is 1. The van der Waals surface area contributed by atoms with Gasteiger partial charge in [-0.1, -0.05) is 6.92 Å². The minimum absolute atomic E-state index is 0.174. The van der Waals surface area contributed by atoms with Gasteiger partial charge in [0.1, 0.15) is 11.9 Å². The van der Waals surface area contributed by atoms with Gasteiger partial charge in [0, 0.05) is 18.7 Å². The van der Waals surface area contributed by atoms with E-state index in [-0.39, 0.29) is 18.0 Å². The number of nitrogens with zero attached hydrogens (tertiary/aromatic N) is 1. The zero-order valence-corrected chi connectivity index (χ0v) is 16.2. The van der Waals surface area contributed by atoms with Crippen LogP contribution in [-0.2, 0) is 9.53 Å². The number of hydrogen-bond acceptors (Lipinski definition) is 5. The number of carbonyl (C=O) groups excluding carboxylic acids is 3. The van der Waals surface area contributed by atoms with Gasteiger partial charge in [-0.25, -0.2) is 15.0 Å². The Morgan fingerprint density at radius 3 is 2.42 bits per heavy atom. The average Bonchev–Trinajstić information content (AvgIpc) is 2.57. The fourth-order valence-electron chi connectivity index (χ4n) is 2.69. The van der Waals surface area contributed by atoms with Crippen molar-refractivity contribution in [1.82, 2.24) is 16.1 Å². The number of alkyl carbamates (subject to hydrolysis) is 1. The lowest BCUT2D eigenvalue weighted by molar-refractivity contribution is -0.112. The van der Waals surface area contributed by atoms with Gasteiger partial charge in [-0.3, -0.25) is 0 Å². The molecule has 0 aromatic rings. The van der Waals surface area contributed by atoms with E-state index in [1.54, 1.807) is 20.8 Å². The van der Waals surface area contributed by atoms with Crippen molar-refractivity contribution >= 4 is 24.6 Å². The Kier molecular flexibility index (Phi) is 9.09. The molecule has 0 spiro atoms. The van der Waals surface area contributed by atoms with E-state index in [0.717, 1.165) is 32.0 Å². The second-order valence-electron chi connectivity index (χ2n) is 7.68. The second-order valence-corrected chi connectivity index (χ2v) is 7.68. The molecule has 0 radical (unpaired) electrons. The molecule has 0 aromatic heterocycles. The highest BCUT2D eigenvalue weighted by molar-refractivity contribution is 5.78. The number of amides is 3. The maximum atomic E-state index is 11.8. The van der Waals surface area contributed by atoms with Crippen LogP contribution in [0.5, 0.6) is 0 Å². The van der Waals surface area contributed by atoms with Crippen molar-refractivity contribution in [3.63, 3.8) is 0 Å². The average molecular weight is 368 g/mol. The number of ether oxygens (including phenoxy) is 1. The summed E-state index contributed by atoms with van der Waals surface area (Å²) in [6, 6.07) is -0.713. The van der Waals surface area contributed by atoms with Gasteiger partial charge < -0.3 is 20.2 Å². The molecule has 0 saturated heterocycles. The lowest BCUT2D eigenvalue weighted by atomic mass is 9.83. The third-order valence-corrected chi connectivity index (χ3v) is 4.20. The summed E-state index contributed by atoms with van der Waals surface area (Å²) in [6.45, 7) is 7.83. The van der Waals surface area contributed by atoms with Gasteiger partial charge in [-0.15, -0.1) is 0 Å². The maximum absolute atomic E-state index is 11.8. The normalized spacial score (nSPS) is 21.7. The fourth-order valence-corrected chi connectivity index (χ4v) is 2.69. The number of rotatable bonds is 7. The van der Waals surface area contributed by atoms with E-state index in [9.17, 15) is 14.4 Å². The summed E-state index contributed by atoms with van der Waals surface area (Å²) in [6.07, 6.45) is 6.28. The molecule has 3 amide bonds. The van der Waals surface area contributed by atoms with E-state index in [0.29, 0.717) is 18.9 Å². The molecule has 1 saturated carbocycles. The summed E-state index contributed by atoms with van der Waals surface area (Å²) in [7, 11) is 0. The monoisotopic (exact) mass is 368 g/mol. The Hall–Kier alpha value is -2.12. The smallest absolute Gasteiger partial charge is 0.408 e. The summed E-state index contributed by atoms with van der Waals surface area (Å²) < 4.78 is 5.19. The second kappa shape index (κ2) is 10.8. The highest BCUT2D eigenvalue weighted by Crippen LogP contribution is 2.26. The first-order valence-electron chi connectivity index (χ1n) is 9.25. The lowest BCUT2D eigenvalue weighted by Crippen LogP contribution is -2.41. The van der Waals surface area contributed by atoms with E-state index in [4.69, 9.17) is 4.74 Å². The molecule has 1 rings (SSSR count). The van der Waals surface area contributed by atoms with Crippen LogP contribution in [0.15, 0.2) is 5.10 Å². The standard InChI is InChI=1S/C18H32N4O4/c1-5-15(21-17(25)26-18(2,3)4)11-20-22-16(24)19-10-13-6-8-14(12-23)9-7-13/h11-15H,5-10H2,1-4H3,(H,21,25)(H2,19,22,24)/b20-11+/t13?,14?,15-/m0/s1. The Balaban J connectivity index is 2.27. The van der Waals surface area contributed by atoms with Crippen molar-refractivity contribution in [3.8, 4) is 0 Å². The van der Waals surface area contributed by atoms with Crippen molar-refractivity contribution < 1.29 is 19.1 Å². The number of aldehydes is 1. The first-order valence-corrected chi connectivity index (χ1v) is 9.25. The zero-order chi connectivity index (χ0) is 19.6. The molecule has 1 aliphatic carbocycles. The van der Waals surface area contributed by atoms with Gasteiger partial charge in [-0.05, 0) is 58.8 Å². The fraction of sp³-hybridized carbons (Fsp3) is 0.778. The molecule has 148 valence electrons. The minimum Gasteiger partial charge on any atom is -0.444 e. The number of carbonyl (C=O) groups is 3. The largest absolute Gasteiger partial charge is 0.444 e. The van der Waals surface area contributed by atoms with Crippen LogP contribution in [0, 0.1) is 11.8 Å². The molecule has 0 unspecified atom stereocenters. The molecular weight excluding hydrogens is 336 g/mol. The van der Waals surface area contributed by atoms with Crippen molar-refractivity contribution in [2.45, 2.75) is 71.4 Å². The summed E-state index contributed by atoms with van der Waals surface area (Å²) in [5, 5.41) is 9.34. The maximum Gasteiger partial charge on any atom is 0.408 e. The Bertz CT molecular complexity index is 494. The number of nitrogens with one attached hydrogen (secondary N) is 3. The van der Waals surface area contributed by atoms with E-state index >= 15 is 0 Å². The summed E-state index contributed by atoms with van der Waals surface area (Å²) in [5.41, 5.74) is 1.83. The Morgan fingerprint density at radius 2 is 1.88 bits per heavy atom. The lowest BCUT2D eigenvalue weighted by Gasteiger charge is -2.25. The third-order valence-electron chi connectivity index (χ3n) is 4.20. The van der Waals surface area contributed by atoms with Crippen molar-refractivity contribution in [3.05, 3.63) is 0 Å². The number of hydrazone groups is 1. The van der Waals surface area contributed by atoms with Crippen molar-refractivity contribution in [1.29, 1.82) is 0 Å². The predicted molar refractivity (Wildman–Crippen MR) is 100.0 cm³/mol. The molecule has 8 heteroatoms. The summed E-state index contributed by atoms with van der Waals surface area (Å²) in [5.74, 6) is 0.575. The summed E-state index contributed by atoms with van der Waals surface area (Å²) in [4.78, 5) is 34.2. The number of hydrogen-bond donors (Lipinski definition) is 3. The van der Waals surface area contributed by atoms with Crippen molar-refractivity contribution in [2.75, 3.05) is 6.54 Å². The van der Waals surface area contributed by atoms with Crippen LogP contribution in [-0.4, -0.2) is 42.8 Å². The zero-order valence-electron chi connectivity index (χ0n) is 16.2. The first-order chi connectivity index (χ1) is 12.2. The van der Waals surface area contributed by atoms with Gasteiger partial charge in [0.25, 0.3) is 0 Å². The van der Waals surface area contributed by atoms with Gasteiger partial charge in [0.15, 0.2) is 0 Å². The molecule has 26 heavy (non-hydrogen) atoms. The van der Waals surface area contributed by atoms with Gasteiger partial charge in [-0.2, -0.15) is 5.10 Å². The van der Waals surface area contributed by atoms with E-state index in [1.807, 2.05) is 6.92 Å². The minimum atomic E-state index is -0.567. The van der Waals surface area contributed by atoms with Crippen LogP contribution in [0.4, 0.5) is 9.59 Å². The van der Waals surface area contributed by atoms with Gasteiger partial charge in [0.2, 0.25) is 0 Å². The van der Waals surface area contributed by atoms with Crippen LogP contribution < -0.4 is 16.1 Å². The van der Waals surface area contributed by atoms with Gasteiger partial charge in [0.05, 0.1) is 6.04 Å². The molecule has 1 atom stereocenters. The van der Waals surface area contributed by atoms with Crippen LogP contribution in [0.2, 0.25) is 0 Å². The van der Waals surface area contributed by atoms with E-state index < -0.39 is 11.7 Å². The first kappa shape index (κ1) is 21.9. The van der Waals surface area contributed by atoms with Crippen LogP contribution in [0.1, 0.15) is 59.8 Å². The quantitative estimate of drug-likeness (QED) is 0.364. The van der Waals surface area contributed by atoms with E-state index in [1.165, 1.54) is 6.21 Å². The van der Waals surface area contributed by atoms with Crippen LogP contribution in [0.25, 0.3) is 0 Å². The highest BCUT2D eigenvalue weighted by Gasteiger charge is 2.21. The summed E-state index contributed by atoms with van der Waals surface area (Å²) >= 11 is 0. The Labute approximate surface area is 155 Å². The molecule has 1 fully saturated rings.